The number of H-pyrrole nitrogens is 1. The first-order valence-corrected chi connectivity index (χ1v) is 6.30. The summed E-state index contributed by atoms with van der Waals surface area (Å²) in [4.78, 5) is 17.0. The van der Waals surface area contributed by atoms with E-state index in [0.29, 0.717) is 11.2 Å². The molecule has 102 valence electrons. The number of nitrogens with zero attached hydrogens (tertiary/aromatic N) is 5. The van der Waals surface area contributed by atoms with Crippen LogP contribution in [0.15, 0.2) is 23.3 Å². The van der Waals surface area contributed by atoms with E-state index in [-0.39, 0.29) is 11.6 Å². The number of aryl methyl sites for hydroxylation is 2. The van der Waals surface area contributed by atoms with Crippen LogP contribution in [0, 0.1) is 13.8 Å². The number of aromatic nitrogens is 6. The van der Waals surface area contributed by atoms with Gasteiger partial charge in [-0.1, -0.05) is 11.3 Å². The van der Waals surface area contributed by atoms with Crippen LogP contribution in [0.3, 0.4) is 0 Å². The molecule has 20 heavy (non-hydrogen) atoms. The van der Waals surface area contributed by atoms with Gasteiger partial charge in [-0.15, -0.1) is 10.2 Å². The molecule has 0 bridgehead atoms. The zero-order chi connectivity index (χ0) is 14.3. The molecule has 2 aromatic heterocycles. The third kappa shape index (κ3) is 1.78. The molecule has 0 aliphatic carbocycles. The van der Waals surface area contributed by atoms with E-state index in [1.54, 1.807) is 0 Å². The van der Waals surface area contributed by atoms with Crippen LogP contribution < -0.4 is 5.56 Å². The lowest BCUT2D eigenvalue weighted by Crippen LogP contribution is -2.25. The Labute approximate surface area is 114 Å². The number of nitrogens with one attached hydrogen (secondary N) is 1. The molecule has 0 aliphatic heterocycles. The number of fused-ring (bicyclic) bond motifs is 1. The van der Waals surface area contributed by atoms with E-state index in [1.165, 1.54) is 10.9 Å². The van der Waals surface area contributed by atoms with Crippen molar-refractivity contribution in [2.24, 2.45) is 0 Å². The van der Waals surface area contributed by atoms with Gasteiger partial charge in [0.05, 0.1) is 23.3 Å². The zero-order valence-corrected chi connectivity index (χ0v) is 11.5. The monoisotopic (exact) mass is 270 g/mol. The van der Waals surface area contributed by atoms with Crippen molar-refractivity contribution in [2.75, 3.05) is 0 Å². The predicted molar refractivity (Wildman–Crippen MR) is 73.5 cm³/mol. The first kappa shape index (κ1) is 12.5. The molecule has 2 heterocycles. The third-order valence-electron chi connectivity index (χ3n) is 3.63. The fraction of sp³-hybridized carbons (Fsp3) is 0.308. The van der Waals surface area contributed by atoms with E-state index in [0.717, 1.165) is 16.6 Å². The molecule has 0 fully saturated rings. The van der Waals surface area contributed by atoms with Crippen molar-refractivity contribution in [2.45, 2.75) is 26.8 Å². The number of benzene rings is 1. The summed E-state index contributed by atoms with van der Waals surface area (Å²) in [6.07, 6.45) is 1.54. The molecule has 0 saturated heterocycles. The molecule has 3 aromatic rings. The van der Waals surface area contributed by atoms with E-state index in [2.05, 4.69) is 25.6 Å². The summed E-state index contributed by atoms with van der Waals surface area (Å²) in [5.74, 6) is 0.456. The number of tetrazole rings is 1. The molecular weight excluding hydrogens is 256 g/mol. The Morgan fingerprint density at radius 1 is 1.30 bits per heavy atom. The van der Waals surface area contributed by atoms with Crippen LogP contribution in [-0.4, -0.2) is 30.2 Å². The van der Waals surface area contributed by atoms with Gasteiger partial charge in [0.1, 0.15) is 0 Å². The fourth-order valence-electron chi connectivity index (χ4n) is 2.20. The summed E-state index contributed by atoms with van der Waals surface area (Å²) >= 11 is 0. The number of rotatable bonds is 2. The second kappa shape index (κ2) is 4.52. The Bertz CT molecular complexity index is 821. The molecule has 0 radical (unpaired) electrons. The summed E-state index contributed by atoms with van der Waals surface area (Å²) in [6, 6.07) is 3.43. The second-order valence-corrected chi connectivity index (χ2v) is 4.81. The van der Waals surface area contributed by atoms with Crippen LogP contribution in [0.25, 0.3) is 10.9 Å². The standard InChI is InChI=1S/C13H14N6O/c1-7-4-5-10-11(8(7)2)14-6-19(13(10)20)9(3)12-15-17-18-16-12/h4-6,9H,1-3H3,(H,15,16,17,18). The van der Waals surface area contributed by atoms with Crippen molar-refractivity contribution in [3.05, 3.63) is 45.8 Å². The minimum absolute atomic E-state index is 0.101. The SMILES string of the molecule is Cc1ccc2c(=O)n(C(C)c3nn[nH]n3)cnc2c1C. The Kier molecular flexibility index (Phi) is 2.81. The van der Waals surface area contributed by atoms with E-state index in [1.807, 2.05) is 32.9 Å². The third-order valence-corrected chi connectivity index (χ3v) is 3.63. The quantitative estimate of drug-likeness (QED) is 0.754. The molecule has 1 unspecified atom stereocenters. The van der Waals surface area contributed by atoms with E-state index in [9.17, 15) is 4.79 Å². The average molecular weight is 270 g/mol. The zero-order valence-electron chi connectivity index (χ0n) is 11.5. The summed E-state index contributed by atoms with van der Waals surface area (Å²) in [7, 11) is 0. The average Bonchev–Trinajstić information content (AvgIpc) is 2.97. The van der Waals surface area contributed by atoms with Gasteiger partial charge in [0, 0.05) is 0 Å². The topological polar surface area (TPSA) is 89.4 Å². The maximum Gasteiger partial charge on any atom is 0.261 e. The van der Waals surface area contributed by atoms with Crippen LogP contribution >= 0.6 is 0 Å². The molecule has 1 N–H and O–H groups in total. The van der Waals surface area contributed by atoms with Crippen molar-refractivity contribution in [1.29, 1.82) is 0 Å². The van der Waals surface area contributed by atoms with Gasteiger partial charge in [-0.2, -0.15) is 5.21 Å². The molecule has 1 aromatic carbocycles. The largest absolute Gasteiger partial charge is 0.288 e. The first-order valence-electron chi connectivity index (χ1n) is 6.30. The van der Waals surface area contributed by atoms with E-state index >= 15 is 0 Å². The number of hydrogen-bond acceptors (Lipinski definition) is 5. The highest BCUT2D eigenvalue weighted by atomic mass is 16.1. The van der Waals surface area contributed by atoms with Crippen molar-refractivity contribution < 1.29 is 0 Å². The van der Waals surface area contributed by atoms with Crippen LogP contribution in [0.5, 0.6) is 0 Å². The van der Waals surface area contributed by atoms with E-state index < -0.39 is 0 Å². The van der Waals surface area contributed by atoms with Crippen LogP contribution in [0.1, 0.15) is 29.9 Å². The number of aromatic amines is 1. The highest BCUT2D eigenvalue weighted by Gasteiger charge is 2.16. The molecule has 3 rings (SSSR count). The number of hydrogen-bond donors (Lipinski definition) is 1. The Morgan fingerprint density at radius 2 is 2.10 bits per heavy atom. The summed E-state index contributed by atoms with van der Waals surface area (Å²) in [5.41, 5.74) is 2.79. The Morgan fingerprint density at radius 3 is 2.80 bits per heavy atom. The van der Waals surface area contributed by atoms with Gasteiger partial charge in [-0.3, -0.25) is 9.36 Å². The normalized spacial score (nSPS) is 12.8. The Hall–Kier alpha value is -2.57. The molecule has 7 heteroatoms. The van der Waals surface area contributed by atoms with Gasteiger partial charge < -0.3 is 0 Å². The molecule has 0 saturated carbocycles. The highest BCUT2D eigenvalue weighted by Crippen LogP contribution is 2.18. The molecule has 0 amide bonds. The molecule has 1 atom stereocenters. The molecular formula is C13H14N6O. The molecule has 7 nitrogen and oxygen atoms in total. The van der Waals surface area contributed by atoms with Gasteiger partial charge in [0.25, 0.3) is 5.56 Å². The smallest absolute Gasteiger partial charge is 0.261 e. The second-order valence-electron chi connectivity index (χ2n) is 4.81. The van der Waals surface area contributed by atoms with Gasteiger partial charge in [-0.25, -0.2) is 4.98 Å². The van der Waals surface area contributed by atoms with Crippen molar-refractivity contribution >= 4 is 10.9 Å². The lowest BCUT2D eigenvalue weighted by molar-refractivity contribution is 0.575. The van der Waals surface area contributed by atoms with Crippen molar-refractivity contribution in [3.63, 3.8) is 0 Å². The highest BCUT2D eigenvalue weighted by molar-refractivity contribution is 5.81. The maximum absolute atomic E-state index is 12.6. The molecule has 0 spiro atoms. The minimum Gasteiger partial charge on any atom is -0.288 e. The van der Waals surface area contributed by atoms with Crippen molar-refractivity contribution in [3.8, 4) is 0 Å². The summed E-state index contributed by atoms with van der Waals surface area (Å²) < 4.78 is 1.52. The maximum atomic E-state index is 12.6. The minimum atomic E-state index is -0.320. The predicted octanol–water partition coefficient (Wildman–Crippen LogP) is 1.14. The van der Waals surface area contributed by atoms with Crippen LogP contribution in [-0.2, 0) is 0 Å². The van der Waals surface area contributed by atoms with Gasteiger partial charge in [0.2, 0.25) is 0 Å². The van der Waals surface area contributed by atoms with Crippen LogP contribution in [0.2, 0.25) is 0 Å². The van der Waals surface area contributed by atoms with Gasteiger partial charge in [-0.05, 0) is 38.0 Å². The van der Waals surface area contributed by atoms with Crippen molar-refractivity contribution in [1.82, 2.24) is 30.2 Å². The lowest BCUT2D eigenvalue weighted by Gasteiger charge is -2.12. The lowest BCUT2D eigenvalue weighted by atomic mass is 10.1. The Balaban J connectivity index is 2.22. The van der Waals surface area contributed by atoms with Gasteiger partial charge >= 0.3 is 0 Å². The fourth-order valence-corrected chi connectivity index (χ4v) is 2.20. The summed E-state index contributed by atoms with van der Waals surface area (Å²) in [5, 5.41) is 14.3. The van der Waals surface area contributed by atoms with Gasteiger partial charge in [0.15, 0.2) is 5.82 Å². The first-order chi connectivity index (χ1) is 9.59. The van der Waals surface area contributed by atoms with Crippen LogP contribution in [0.4, 0.5) is 0 Å². The van der Waals surface area contributed by atoms with E-state index in [4.69, 9.17) is 0 Å². The molecule has 0 aliphatic rings. The summed E-state index contributed by atoms with van der Waals surface area (Å²) in [6.45, 7) is 5.81.